The van der Waals surface area contributed by atoms with Crippen molar-refractivity contribution < 1.29 is 9.59 Å². The number of benzene rings is 2. The van der Waals surface area contributed by atoms with Crippen LogP contribution >= 0.6 is 0 Å². The van der Waals surface area contributed by atoms with Gasteiger partial charge in [-0.1, -0.05) is 48.5 Å². The van der Waals surface area contributed by atoms with Gasteiger partial charge in [-0.25, -0.2) is 0 Å². The number of pyridine rings is 1. The maximum atomic E-state index is 12.7. The minimum atomic E-state index is -0.433. The molecule has 112 valence electrons. The number of fused-ring (bicyclic) bond motifs is 2. The molecule has 2 aromatic carbocycles. The zero-order valence-electron chi connectivity index (χ0n) is 12.3. The number of ketones is 1. The fraction of sp³-hybridized carbons (Fsp3) is 0.105. The van der Waals surface area contributed by atoms with E-state index in [1.54, 1.807) is 18.5 Å². The van der Waals surface area contributed by atoms with E-state index in [2.05, 4.69) is 10.3 Å². The normalized spacial score (nSPS) is 16.3. The van der Waals surface area contributed by atoms with Crippen LogP contribution < -0.4 is 5.32 Å². The van der Waals surface area contributed by atoms with Gasteiger partial charge in [0.15, 0.2) is 5.78 Å². The van der Waals surface area contributed by atoms with Gasteiger partial charge >= 0.3 is 0 Å². The van der Waals surface area contributed by atoms with Crippen LogP contribution in [-0.2, 0) is 4.79 Å². The first kappa shape index (κ1) is 13.6. The summed E-state index contributed by atoms with van der Waals surface area (Å²) < 4.78 is 0. The predicted molar refractivity (Wildman–Crippen MR) is 88.5 cm³/mol. The number of aromatic nitrogens is 1. The lowest BCUT2D eigenvalue weighted by Gasteiger charge is -2.13. The van der Waals surface area contributed by atoms with Crippen LogP contribution in [0.5, 0.6) is 0 Å². The number of anilines is 1. The number of carbonyl (C=O) groups is 2. The monoisotopic (exact) mass is 302 g/mol. The molecule has 1 heterocycles. The molecule has 0 bridgehead atoms. The third-order valence-electron chi connectivity index (χ3n) is 4.27. The van der Waals surface area contributed by atoms with E-state index < -0.39 is 5.92 Å². The number of rotatable bonds is 2. The van der Waals surface area contributed by atoms with Crippen LogP contribution in [0.1, 0.15) is 28.3 Å². The fourth-order valence-electron chi connectivity index (χ4n) is 3.13. The summed E-state index contributed by atoms with van der Waals surface area (Å²) in [5.41, 5.74) is 2.14. The molecule has 1 atom stereocenters. The van der Waals surface area contributed by atoms with Gasteiger partial charge < -0.3 is 5.32 Å². The van der Waals surface area contributed by atoms with Crippen molar-refractivity contribution in [1.82, 2.24) is 4.98 Å². The Balaban J connectivity index is 1.67. The topological polar surface area (TPSA) is 59.1 Å². The number of carbonyl (C=O) groups excluding carboxylic acids is 2. The fourth-order valence-corrected chi connectivity index (χ4v) is 3.13. The molecule has 0 fully saturated rings. The van der Waals surface area contributed by atoms with Crippen molar-refractivity contribution in [3.8, 4) is 0 Å². The van der Waals surface area contributed by atoms with Crippen LogP contribution in [0.3, 0.4) is 0 Å². The number of nitrogens with one attached hydrogen (secondary N) is 1. The summed E-state index contributed by atoms with van der Waals surface area (Å²) in [5.74, 6) is -0.573. The maximum Gasteiger partial charge on any atom is 0.232 e. The third kappa shape index (κ3) is 2.28. The van der Waals surface area contributed by atoms with Gasteiger partial charge in [0.2, 0.25) is 5.91 Å². The highest BCUT2D eigenvalue weighted by atomic mass is 16.2. The first-order valence-corrected chi connectivity index (χ1v) is 7.50. The molecule has 1 amide bonds. The van der Waals surface area contributed by atoms with E-state index in [1.807, 2.05) is 42.5 Å². The summed E-state index contributed by atoms with van der Waals surface area (Å²) in [6, 6.07) is 15.1. The van der Waals surface area contributed by atoms with Crippen LogP contribution in [0.4, 0.5) is 5.69 Å². The van der Waals surface area contributed by atoms with Crippen LogP contribution in [0.2, 0.25) is 0 Å². The molecular weight excluding hydrogens is 288 g/mol. The Hall–Kier alpha value is -3.01. The zero-order chi connectivity index (χ0) is 15.8. The molecule has 1 N–H and O–H groups in total. The van der Waals surface area contributed by atoms with Crippen molar-refractivity contribution in [2.45, 2.75) is 12.3 Å². The summed E-state index contributed by atoms with van der Waals surface area (Å²) in [5, 5.41) is 4.84. The second-order valence-corrected chi connectivity index (χ2v) is 5.66. The van der Waals surface area contributed by atoms with Crippen molar-refractivity contribution in [1.29, 1.82) is 0 Å². The number of nitrogens with zero attached hydrogens (tertiary/aromatic N) is 1. The predicted octanol–water partition coefficient (Wildman–Crippen LogP) is 3.54. The SMILES string of the molecule is O=C1CC(C(=O)Nc2cncc3ccccc23)c2ccccc21. The minimum absolute atomic E-state index is 0.0248. The second-order valence-electron chi connectivity index (χ2n) is 5.66. The smallest absolute Gasteiger partial charge is 0.232 e. The molecule has 1 aliphatic rings. The molecule has 4 nitrogen and oxygen atoms in total. The Morgan fingerprint density at radius 3 is 2.74 bits per heavy atom. The van der Waals surface area contributed by atoms with Crippen LogP contribution in [0.25, 0.3) is 10.8 Å². The Bertz CT molecular complexity index is 928. The summed E-state index contributed by atoms with van der Waals surface area (Å²) >= 11 is 0. The van der Waals surface area contributed by atoms with E-state index in [0.29, 0.717) is 11.3 Å². The van der Waals surface area contributed by atoms with Crippen LogP contribution in [-0.4, -0.2) is 16.7 Å². The Morgan fingerprint density at radius 2 is 1.83 bits per heavy atom. The van der Waals surface area contributed by atoms with Crippen molar-refractivity contribution in [3.05, 3.63) is 72.1 Å². The largest absolute Gasteiger partial charge is 0.324 e. The van der Waals surface area contributed by atoms with E-state index in [1.165, 1.54) is 0 Å². The third-order valence-corrected chi connectivity index (χ3v) is 4.27. The van der Waals surface area contributed by atoms with Crippen molar-refractivity contribution >= 4 is 28.2 Å². The minimum Gasteiger partial charge on any atom is -0.324 e. The van der Waals surface area contributed by atoms with Gasteiger partial charge in [-0.05, 0) is 5.56 Å². The zero-order valence-corrected chi connectivity index (χ0v) is 12.3. The Labute approximate surface area is 133 Å². The molecular formula is C19H14N2O2. The lowest BCUT2D eigenvalue weighted by atomic mass is 10.0. The molecule has 0 saturated heterocycles. The molecule has 1 unspecified atom stereocenters. The molecule has 4 rings (SSSR count). The Kier molecular flexibility index (Phi) is 3.15. The highest BCUT2D eigenvalue weighted by Gasteiger charge is 2.34. The molecule has 0 saturated carbocycles. The Morgan fingerprint density at radius 1 is 1.04 bits per heavy atom. The molecule has 1 aliphatic carbocycles. The quantitative estimate of drug-likeness (QED) is 0.787. The van der Waals surface area contributed by atoms with E-state index >= 15 is 0 Å². The van der Waals surface area contributed by atoms with Crippen LogP contribution in [0.15, 0.2) is 60.9 Å². The second kappa shape index (κ2) is 5.32. The first-order valence-electron chi connectivity index (χ1n) is 7.50. The number of Topliss-reactive ketones (excluding diaryl/α,β-unsaturated/α-hetero) is 1. The van der Waals surface area contributed by atoms with Gasteiger partial charge in [-0.15, -0.1) is 0 Å². The molecule has 0 aliphatic heterocycles. The average Bonchev–Trinajstić information content (AvgIpc) is 2.93. The summed E-state index contributed by atoms with van der Waals surface area (Å²) in [4.78, 5) is 28.9. The van der Waals surface area contributed by atoms with E-state index in [0.717, 1.165) is 16.3 Å². The number of hydrogen-bond acceptors (Lipinski definition) is 3. The first-order chi connectivity index (χ1) is 11.2. The van der Waals surface area contributed by atoms with Gasteiger partial charge in [0, 0.05) is 29.0 Å². The van der Waals surface area contributed by atoms with E-state index in [4.69, 9.17) is 0 Å². The molecule has 23 heavy (non-hydrogen) atoms. The molecule has 0 radical (unpaired) electrons. The summed E-state index contributed by atoms with van der Waals surface area (Å²) in [6.45, 7) is 0. The van der Waals surface area contributed by atoms with E-state index in [9.17, 15) is 9.59 Å². The number of amides is 1. The highest BCUT2D eigenvalue weighted by molar-refractivity contribution is 6.11. The van der Waals surface area contributed by atoms with E-state index in [-0.39, 0.29) is 18.1 Å². The maximum absolute atomic E-state index is 12.7. The lowest BCUT2D eigenvalue weighted by molar-refractivity contribution is -0.117. The average molecular weight is 302 g/mol. The van der Waals surface area contributed by atoms with Gasteiger partial charge in [0.05, 0.1) is 17.8 Å². The highest BCUT2D eigenvalue weighted by Crippen LogP contribution is 2.34. The summed E-state index contributed by atoms with van der Waals surface area (Å²) in [7, 11) is 0. The lowest BCUT2D eigenvalue weighted by Crippen LogP contribution is -2.20. The standard InChI is InChI=1S/C19H14N2O2/c22-18-9-16(14-7-3-4-8-15(14)18)19(23)21-17-11-20-10-12-5-1-2-6-13(12)17/h1-8,10-11,16H,9H2,(H,21,23). The molecule has 4 heteroatoms. The molecule has 0 spiro atoms. The number of hydrogen-bond donors (Lipinski definition) is 1. The van der Waals surface area contributed by atoms with Gasteiger partial charge in [0.1, 0.15) is 0 Å². The van der Waals surface area contributed by atoms with Crippen molar-refractivity contribution in [2.75, 3.05) is 5.32 Å². The van der Waals surface area contributed by atoms with Gasteiger partial charge in [0.25, 0.3) is 0 Å². The van der Waals surface area contributed by atoms with Gasteiger partial charge in [-0.2, -0.15) is 0 Å². The van der Waals surface area contributed by atoms with Crippen molar-refractivity contribution in [2.24, 2.45) is 0 Å². The molecule has 3 aromatic rings. The van der Waals surface area contributed by atoms with Crippen LogP contribution in [0, 0.1) is 0 Å². The molecule has 1 aromatic heterocycles. The summed E-state index contributed by atoms with van der Waals surface area (Å²) in [6.07, 6.45) is 3.63. The van der Waals surface area contributed by atoms with Crippen molar-refractivity contribution in [3.63, 3.8) is 0 Å². The van der Waals surface area contributed by atoms with Gasteiger partial charge in [-0.3, -0.25) is 14.6 Å².